The molecular formula is C15H19N3O. The Morgan fingerprint density at radius 1 is 1.42 bits per heavy atom. The number of benzene rings is 1. The predicted molar refractivity (Wildman–Crippen MR) is 73.0 cm³/mol. The number of carbonyl (C=O) groups excluding carboxylic acids is 1. The van der Waals surface area contributed by atoms with Gasteiger partial charge in [-0.05, 0) is 24.9 Å². The van der Waals surface area contributed by atoms with Crippen LogP contribution in [0.15, 0.2) is 30.3 Å². The van der Waals surface area contributed by atoms with Crippen LogP contribution in [0.3, 0.4) is 0 Å². The lowest BCUT2D eigenvalue weighted by Gasteiger charge is -2.39. The zero-order chi connectivity index (χ0) is 13.7. The molecule has 1 heterocycles. The van der Waals surface area contributed by atoms with Gasteiger partial charge in [0.25, 0.3) is 0 Å². The second-order valence-corrected chi connectivity index (χ2v) is 4.94. The summed E-state index contributed by atoms with van der Waals surface area (Å²) < 4.78 is 0. The van der Waals surface area contributed by atoms with Crippen LogP contribution < -0.4 is 5.73 Å². The lowest BCUT2D eigenvalue weighted by Crippen LogP contribution is -2.49. The molecule has 2 N–H and O–H groups in total. The minimum Gasteiger partial charge on any atom is -0.368 e. The fraction of sp³-hybridized carbons (Fsp3) is 0.467. The predicted octanol–water partition coefficient (Wildman–Crippen LogP) is 1.98. The number of nitriles is 1. The van der Waals surface area contributed by atoms with Crippen LogP contribution in [0.2, 0.25) is 0 Å². The molecule has 1 saturated heterocycles. The second-order valence-electron chi connectivity index (χ2n) is 4.94. The number of hydrogen-bond donors (Lipinski definition) is 1. The van der Waals surface area contributed by atoms with Gasteiger partial charge in [-0.15, -0.1) is 0 Å². The normalized spacial score (nSPS) is 21.5. The Morgan fingerprint density at radius 2 is 2.16 bits per heavy atom. The topological polar surface area (TPSA) is 70.1 Å². The van der Waals surface area contributed by atoms with Crippen molar-refractivity contribution in [1.29, 1.82) is 5.26 Å². The van der Waals surface area contributed by atoms with Crippen LogP contribution in [0.5, 0.6) is 0 Å². The van der Waals surface area contributed by atoms with Gasteiger partial charge in [-0.3, -0.25) is 9.69 Å². The van der Waals surface area contributed by atoms with Gasteiger partial charge in [0.15, 0.2) is 0 Å². The highest BCUT2D eigenvalue weighted by Crippen LogP contribution is 2.30. The molecule has 0 radical (unpaired) electrons. The fourth-order valence-electron chi connectivity index (χ4n) is 2.82. The van der Waals surface area contributed by atoms with Gasteiger partial charge >= 0.3 is 0 Å². The third-order valence-electron chi connectivity index (χ3n) is 3.74. The van der Waals surface area contributed by atoms with E-state index in [2.05, 4.69) is 11.0 Å². The van der Waals surface area contributed by atoms with Crippen molar-refractivity contribution in [3.8, 4) is 6.07 Å². The molecule has 0 aromatic heterocycles. The third kappa shape index (κ3) is 3.12. The van der Waals surface area contributed by atoms with Gasteiger partial charge < -0.3 is 5.73 Å². The zero-order valence-corrected chi connectivity index (χ0v) is 11.0. The number of nitrogens with zero attached hydrogens (tertiary/aromatic N) is 2. The molecule has 1 amide bonds. The molecule has 0 aliphatic carbocycles. The van der Waals surface area contributed by atoms with Crippen LogP contribution in [0.25, 0.3) is 0 Å². The summed E-state index contributed by atoms with van der Waals surface area (Å²) in [6.45, 7) is 0.828. The van der Waals surface area contributed by atoms with Crippen LogP contribution >= 0.6 is 0 Å². The molecule has 2 unspecified atom stereocenters. The summed E-state index contributed by atoms with van der Waals surface area (Å²) in [4.78, 5) is 13.7. The second kappa shape index (κ2) is 6.35. The van der Waals surface area contributed by atoms with Gasteiger partial charge in [0.1, 0.15) is 0 Å². The van der Waals surface area contributed by atoms with Gasteiger partial charge in [-0.1, -0.05) is 36.8 Å². The van der Waals surface area contributed by atoms with Crippen molar-refractivity contribution in [3.05, 3.63) is 35.9 Å². The average Bonchev–Trinajstić information content (AvgIpc) is 2.45. The van der Waals surface area contributed by atoms with Gasteiger partial charge in [0, 0.05) is 6.04 Å². The maximum atomic E-state index is 11.6. The lowest BCUT2D eigenvalue weighted by molar-refractivity contribution is -0.125. The first-order valence-corrected chi connectivity index (χ1v) is 6.71. The number of primary amides is 1. The standard InChI is InChI=1S/C15H19N3O/c16-10-9-13(12-6-2-1-3-7-12)18-11-5-4-8-14(18)15(17)19/h1-3,6-7,13-14H,4-5,8-9,11H2,(H2,17,19). The van der Waals surface area contributed by atoms with E-state index in [-0.39, 0.29) is 18.0 Å². The van der Waals surface area contributed by atoms with Crippen molar-refractivity contribution in [1.82, 2.24) is 4.90 Å². The number of amides is 1. The number of carbonyl (C=O) groups is 1. The SMILES string of the molecule is N#CCC(c1ccccc1)N1CCCCC1C(N)=O. The molecule has 1 aliphatic heterocycles. The Morgan fingerprint density at radius 3 is 2.79 bits per heavy atom. The highest BCUT2D eigenvalue weighted by Gasteiger charge is 2.32. The number of piperidine rings is 1. The molecule has 4 nitrogen and oxygen atoms in total. The van der Waals surface area contributed by atoms with E-state index in [1.54, 1.807) is 0 Å². The third-order valence-corrected chi connectivity index (χ3v) is 3.74. The number of nitrogens with two attached hydrogens (primary N) is 1. The number of rotatable bonds is 4. The lowest BCUT2D eigenvalue weighted by atomic mass is 9.94. The minimum absolute atomic E-state index is 0.0380. The van der Waals surface area contributed by atoms with E-state index in [1.807, 2.05) is 30.3 Å². The Labute approximate surface area is 113 Å². The summed E-state index contributed by atoms with van der Waals surface area (Å²) in [6, 6.07) is 11.8. The summed E-state index contributed by atoms with van der Waals surface area (Å²) in [5.41, 5.74) is 6.59. The summed E-state index contributed by atoms with van der Waals surface area (Å²) >= 11 is 0. The van der Waals surface area contributed by atoms with E-state index in [1.165, 1.54) is 0 Å². The largest absolute Gasteiger partial charge is 0.368 e. The Hall–Kier alpha value is -1.86. The van der Waals surface area contributed by atoms with Crippen molar-refractivity contribution in [2.75, 3.05) is 6.54 Å². The van der Waals surface area contributed by atoms with Crippen molar-refractivity contribution < 1.29 is 4.79 Å². The molecule has 4 heteroatoms. The van der Waals surface area contributed by atoms with Crippen molar-refractivity contribution in [2.45, 2.75) is 37.8 Å². The first-order chi connectivity index (χ1) is 9.24. The smallest absolute Gasteiger partial charge is 0.234 e. The molecule has 19 heavy (non-hydrogen) atoms. The van der Waals surface area contributed by atoms with E-state index in [9.17, 15) is 4.79 Å². The van der Waals surface area contributed by atoms with E-state index in [0.29, 0.717) is 6.42 Å². The Bertz CT molecular complexity index is 466. The molecule has 1 aliphatic rings. The first kappa shape index (κ1) is 13.6. The zero-order valence-electron chi connectivity index (χ0n) is 11.0. The minimum atomic E-state index is -0.279. The van der Waals surface area contributed by atoms with Crippen LogP contribution in [-0.2, 0) is 4.79 Å². The fourth-order valence-corrected chi connectivity index (χ4v) is 2.82. The summed E-state index contributed by atoms with van der Waals surface area (Å²) in [6.07, 6.45) is 3.26. The van der Waals surface area contributed by atoms with Gasteiger partial charge in [-0.25, -0.2) is 0 Å². The Balaban J connectivity index is 2.27. The number of likely N-dealkylation sites (tertiary alicyclic amines) is 1. The number of hydrogen-bond acceptors (Lipinski definition) is 3. The summed E-state index contributed by atoms with van der Waals surface area (Å²) in [7, 11) is 0. The molecule has 0 saturated carbocycles. The van der Waals surface area contributed by atoms with Crippen molar-refractivity contribution >= 4 is 5.91 Å². The van der Waals surface area contributed by atoms with E-state index < -0.39 is 0 Å². The maximum Gasteiger partial charge on any atom is 0.234 e. The molecule has 2 atom stereocenters. The molecule has 100 valence electrons. The van der Waals surface area contributed by atoms with E-state index in [4.69, 9.17) is 11.0 Å². The monoisotopic (exact) mass is 257 g/mol. The maximum absolute atomic E-state index is 11.6. The Kier molecular flexibility index (Phi) is 4.53. The molecule has 1 aromatic carbocycles. The quantitative estimate of drug-likeness (QED) is 0.896. The highest BCUT2D eigenvalue weighted by atomic mass is 16.1. The molecule has 1 fully saturated rings. The highest BCUT2D eigenvalue weighted by molar-refractivity contribution is 5.80. The van der Waals surface area contributed by atoms with Crippen LogP contribution in [-0.4, -0.2) is 23.4 Å². The van der Waals surface area contributed by atoms with Gasteiger partial charge in [0.05, 0.1) is 18.5 Å². The van der Waals surface area contributed by atoms with E-state index in [0.717, 1.165) is 31.4 Å². The molecule has 2 rings (SSSR count). The van der Waals surface area contributed by atoms with Gasteiger partial charge in [0.2, 0.25) is 5.91 Å². The summed E-state index contributed by atoms with van der Waals surface area (Å²) in [5.74, 6) is -0.279. The summed E-state index contributed by atoms with van der Waals surface area (Å²) in [5, 5.41) is 9.06. The average molecular weight is 257 g/mol. The first-order valence-electron chi connectivity index (χ1n) is 6.71. The van der Waals surface area contributed by atoms with Crippen LogP contribution in [0.1, 0.15) is 37.3 Å². The van der Waals surface area contributed by atoms with E-state index >= 15 is 0 Å². The van der Waals surface area contributed by atoms with Crippen molar-refractivity contribution in [3.63, 3.8) is 0 Å². The van der Waals surface area contributed by atoms with Crippen LogP contribution in [0, 0.1) is 11.3 Å². The molecule has 0 spiro atoms. The molecule has 0 bridgehead atoms. The molecular weight excluding hydrogens is 238 g/mol. The molecule has 1 aromatic rings. The van der Waals surface area contributed by atoms with Crippen molar-refractivity contribution in [2.24, 2.45) is 5.73 Å². The van der Waals surface area contributed by atoms with Crippen LogP contribution in [0.4, 0.5) is 0 Å². The van der Waals surface area contributed by atoms with Gasteiger partial charge in [-0.2, -0.15) is 5.26 Å².